The SMILES string of the molecule is CC(=O)c1cn([C@@H]2O[C@H](CO)[C@@H](O)[C@H](O)[C@H]2O)c2ccccc12. The number of rotatable bonds is 3. The van der Waals surface area contributed by atoms with Gasteiger partial charge in [-0.3, -0.25) is 4.79 Å². The molecule has 0 spiro atoms. The van der Waals surface area contributed by atoms with Crippen LogP contribution in [-0.4, -0.2) is 61.8 Å². The summed E-state index contributed by atoms with van der Waals surface area (Å²) in [4.78, 5) is 11.8. The first-order valence-electron chi connectivity index (χ1n) is 7.36. The summed E-state index contributed by atoms with van der Waals surface area (Å²) in [6, 6.07) is 7.13. The highest BCUT2D eigenvalue weighted by molar-refractivity contribution is 6.07. The predicted molar refractivity (Wildman–Crippen MR) is 81.0 cm³/mol. The maximum absolute atomic E-state index is 11.8. The molecule has 23 heavy (non-hydrogen) atoms. The zero-order valence-corrected chi connectivity index (χ0v) is 12.5. The number of aromatic nitrogens is 1. The molecule has 0 amide bonds. The van der Waals surface area contributed by atoms with Gasteiger partial charge in [0.2, 0.25) is 0 Å². The van der Waals surface area contributed by atoms with Gasteiger partial charge in [0.1, 0.15) is 24.4 Å². The van der Waals surface area contributed by atoms with Crippen LogP contribution in [0.1, 0.15) is 23.5 Å². The number of ketones is 1. The average Bonchev–Trinajstić information content (AvgIpc) is 2.93. The molecule has 1 saturated heterocycles. The lowest BCUT2D eigenvalue weighted by Crippen LogP contribution is -2.56. The fraction of sp³-hybridized carbons (Fsp3) is 0.438. The molecule has 4 N–H and O–H groups in total. The Hall–Kier alpha value is -1.77. The third-order valence-corrected chi connectivity index (χ3v) is 4.26. The quantitative estimate of drug-likeness (QED) is 0.583. The highest BCUT2D eigenvalue weighted by Crippen LogP contribution is 2.33. The first kappa shape index (κ1) is 16.1. The van der Waals surface area contributed by atoms with Crippen molar-refractivity contribution in [2.45, 2.75) is 37.6 Å². The Morgan fingerprint density at radius 1 is 1.17 bits per heavy atom. The number of hydrogen-bond acceptors (Lipinski definition) is 6. The van der Waals surface area contributed by atoms with Gasteiger partial charge in [-0.05, 0) is 13.0 Å². The van der Waals surface area contributed by atoms with Crippen molar-refractivity contribution >= 4 is 16.7 Å². The van der Waals surface area contributed by atoms with Crippen molar-refractivity contribution in [3.63, 3.8) is 0 Å². The predicted octanol–water partition coefficient (Wildman–Crippen LogP) is -0.184. The number of Topliss-reactive ketones (excluding diaryl/α,β-unsaturated/α-hetero) is 1. The zero-order chi connectivity index (χ0) is 16.7. The van der Waals surface area contributed by atoms with Gasteiger partial charge in [-0.2, -0.15) is 0 Å². The minimum atomic E-state index is -1.46. The van der Waals surface area contributed by atoms with Gasteiger partial charge >= 0.3 is 0 Å². The van der Waals surface area contributed by atoms with Gasteiger partial charge in [-0.25, -0.2) is 0 Å². The van der Waals surface area contributed by atoms with Crippen molar-refractivity contribution < 1.29 is 30.0 Å². The van der Waals surface area contributed by atoms with E-state index in [9.17, 15) is 25.2 Å². The third kappa shape index (κ3) is 2.56. The Kier molecular flexibility index (Phi) is 4.22. The molecule has 1 aromatic heterocycles. The molecule has 2 heterocycles. The second-order valence-corrected chi connectivity index (χ2v) is 5.74. The standard InChI is InChI=1S/C16H19NO6/c1-8(19)10-6-17(11-5-3-2-4-9(10)11)16-15(22)14(21)13(20)12(7-18)23-16/h2-6,12-16,18,20-22H,7H2,1H3/t12-,13-,14+,15-,16-/m1/s1. The fourth-order valence-electron chi connectivity index (χ4n) is 3.01. The molecule has 0 aliphatic carbocycles. The molecule has 0 saturated carbocycles. The number of nitrogens with zero attached hydrogens (tertiary/aromatic N) is 1. The molecule has 1 aliphatic heterocycles. The number of ether oxygens (including phenoxy) is 1. The van der Waals surface area contributed by atoms with Crippen molar-refractivity contribution in [3.05, 3.63) is 36.0 Å². The van der Waals surface area contributed by atoms with Crippen molar-refractivity contribution in [1.82, 2.24) is 4.57 Å². The summed E-state index contributed by atoms with van der Waals surface area (Å²) < 4.78 is 7.11. The maximum atomic E-state index is 11.8. The molecule has 1 aromatic carbocycles. The van der Waals surface area contributed by atoms with E-state index in [1.54, 1.807) is 35.0 Å². The molecule has 3 rings (SSSR count). The largest absolute Gasteiger partial charge is 0.394 e. The number of carbonyl (C=O) groups excluding carboxylic acids is 1. The Labute approximate surface area is 132 Å². The van der Waals surface area contributed by atoms with Gasteiger partial charge in [0, 0.05) is 17.1 Å². The minimum Gasteiger partial charge on any atom is -0.394 e. The van der Waals surface area contributed by atoms with E-state index in [4.69, 9.17) is 4.74 Å². The van der Waals surface area contributed by atoms with Crippen LogP contribution in [0, 0.1) is 0 Å². The van der Waals surface area contributed by atoms with E-state index in [0.29, 0.717) is 16.5 Å². The summed E-state index contributed by atoms with van der Waals surface area (Å²) in [5.41, 5.74) is 1.12. The normalized spacial score (nSPS) is 31.4. The molecule has 1 fully saturated rings. The third-order valence-electron chi connectivity index (χ3n) is 4.26. The number of hydrogen-bond donors (Lipinski definition) is 4. The second kappa shape index (κ2) is 6.03. The molecule has 7 nitrogen and oxygen atoms in total. The summed E-state index contributed by atoms with van der Waals surface area (Å²) in [5, 5.41) is 40.1. The first-order valence-corrected chi connectivity index (χ1v) is 7.36. The monoisotopic (exact) mass is 321 g/mol. The highest BCUT2D eigenvalue weighted by atomic mass is 16.6. The lowest BCUT2D eigenvalue weighted by Gasteiger charge is -2.40. The van der Waals surface area contributed by atoms with Crippen LogP contribution in [0.4, 0.5) is 0 Å². The Morgan fingerprint density at radius 3 is 2.52 bits per heavy atom. The van der Waals surface area contributed by atoms with E-state index in [-0.39, 0.29) is 5.78 Å². The molecule has 1 aliphatic rings. The number of para-hydroxylation sites is 1. The molecule has 0 radical (unpaired) electrons. The number of fused-ring (bicyclic) bond motifs is 1. The maximum Gasteiger partial charge on any atom is 0.163 e. The van der Waals surface area contributed by atoms with Crippen LogP contribution in [-0.2, 0) is 4.74 Å². The Bertz CT molecular complexity index is 724. The van der Waals surface area contributed by atoms with Gasteiger partial charge in [-0.1, -0.05) is 18.2 Å². The molecule has 5 atom stereocenters. The van der Waals surface area contributed by atoms with Gasteiger partial charge in [0.15, 0.2) is 12.0 Å². The van der Waals surface area contributed by atoms with E-state index in [1.807, 2.05) is 0 Å². The van der Waals surface area contributed by atoms with Crippen LogP contribution in [0.3, 0.4) is 0 Å². The molecule has 124 valence electrons. The van der Waals surface area contributed by atoms with Crippen LogP contribution < -0.4 is 0 Å². The Balaban J connectivity index is 2.10. The molecule has 0 bridgehead atoms. The molecule has 7 heteroatoms. The van der Waals surface area contributed by atoms with Crippen LogP contribution in [0.25, 0.3) is 10.9 Å². The second-order valence-electron chi connectivity index (χ2n) is 5.74. The van der Waals surface area contributed by atoms with Crippen LogP contribution in [0.15, 0.2) is 30.5 Å². The minimum absolute atomic E-state index is 0.135. The van der Waals surface area contributed by atoms with Crippen molar-refractivity contribution in [2.75, 3.05) is 6.61 Å². The lowest BCUT2D eigenvalue weighted by atomic mass is 9.98. The number of carbonyl (C=O) groups is 1. The summed E-state index contributed by atoms with van der Waals surface area (Å²) in [5.74, 6) is -0.135. The number of benzene rings is 1. The summed E-state index contributed by atoms with van der Waals surface area (Å²) in [7, 11) is 0. The topological polar surface area (TPSA) is 112 Å². The average molecular weight is 321 g/mol. The van der Waals surface area contributed by atoms with Crippen molar-refractivity contribution in [1.29, 1.82) is 0 Å². The van der Waals surface area contributed by atoms with Crippen molar-refractivity contribution in [2.24, 2.45) is 0 Å². The lowest BCUT2D eigenvalue weighted by molar-refractivity contribution is -0.250. The van der Waals surface area contributed by atoms with Crippen LogP contribution >= 0.6 is 0 Å². The van der Waals surface area contributed by atoms with Gasteiger partial charge in [-0.15, -0.1) is 0 Å². The van der Waals surface area contributed by atoms with E-state index >= 15 is 0 Å². The molecule has 2 aromatic rings. The summed E-state index contributed by atoms with van der Waals surface area (Å²) in [6.45, 7) is 0.944. The van der Waals surface area contributed by atoms with E-state index in [1.165, 1.54) is 6.92 Å². The van der Waals surface area contributed by atoms with Crippen LogP contribution in [0.2, 0.25) is 0 Å². The van der Waals surface area contributed by atoms with E-state index in [2.05, 4.69) is 0 Å². The summed E-state index contributed by atoms with van der Waals surface area (Å²) >= 11 is 0. The van der Waals surface area contributed by atoms with Crippen molar-refractivity contribution in [3.8, 4) is 0 Å². The number of aliphatic hydroxyl groups excluding tert-OH is 4. The molecular formula is C16H19NO6. The van der Waals surface area contributed by atoms with E-state index < -0.39 is 37.3 Å². The summed E-state index contributed by atoms with van der Waals surface area (Å²) in [6.07, 6.45) is -4.75. The van der Waals surface area contributed by atoms with Gasteiger partial charge in [0.05, 0.1) is 12.1 Å². The van der Waals surface area contributed by atoms with E-state index in [0.717, 1.165) is 0 Å². The smallest absolute Gasteiger partial charge is 0.163 e. The number of aliphatic hydroxyl groups is 4. The van der Waals surface area contributed by atoms with Crippen LogP contribution in [0.5, 0.6) is 0 Å². The molecular weight excluding hydrogens is 302 g/mol. The Morgan fingerprint density at radius 2 is 1.87 bits per heavy atom. The fourth-order valence-corrected chi connectivity index (χ4v) is 3.01. The highest BCUT2D eigenvalue weighted by Gasteiger charge is 2.44. The zero-order valence-electron chi connectivity index (χ0n) is 12.5. The van der Waals surface area contributed by atoms with Gasteiger partial charge in [0.25, 0.3) is 0 Å². The molecule has 0 unspecified atom stereocenters. The first-order chi connectivity index (χ1) is 11.0. The van der Waals surface area contributed by atoms with Gasteiger partial charge < -0.3 is 29.7 Å².